The van der Waals surface area contributed by atoms with Crippen molar-refractivity contribution in [2.45, 2.75) is 19.4 Å². The van der Waals surface area contributed by atoms with E-state index in [2.05, 4.69) is 25.3 Å². The number of halogens is 1. The van der Waals surface area contributed by atoms with Gasteiger partial charge in [0.1, 0.15) is 30.3 Å². The van der Waals surface area contributed by atoms with Gasteiger partial charge in [-0.2, -0.15) is 5.10 Å². The Kier molecular flexibility index (Phi) is 5.28. The van der Waals surface area contributed by atoms with Crippen molar-refractivity contribution >= 4 is 17.5 Å². The van der Waals surface area contributed by atoms with Crippen LogP contribution in [0.25, 0.3) is 11.3 Å². The largest absolute Gasteiger partial charge is 0.356 e. The molecule has 9 heteroatoms. The molecule has 1 saturated heterocycles. The number of aromatic nitrogens is 4. The molecular weight excluding hydrogens is 375 g/mol. The van der Waals surface area contributed by atoms with Crippen molar-refractivity contribution in [3.63, 3.8) is 0 Å². The summed E-state index contributed by atoms with van der Waals surface area (Å²) in [4.78, 5) is 35.0. The van der Waals surface area contributed by atoms with E-state index >= 15 is 0 Å². The maximum atomic E-state index is 13.1. The second-order valence-electron chi connectivity index (χ2n) is 6.73. The highest BCUT2D eigenvalue weighted by atomic mass is 19.1. The summed E-state index contributed by atoms with van der Waals surface area (Å²) in [5, 5.41) is 6.90. The van der Waals surface area contributed by atoms with Crippen LogP contribution in [0.5, 0.6) is 0 Å². The Morgan fingerprint density at radius 2 is 1.83 bits per heavy atom. The first-order valence-corrected chi connectivity index (χ1v) is 9.29. The Bertz CT molecular complexity index is 1080. The lowest BCUT2D eigenvalue weighted by Crippen LogP contribution is -2.29. The lowest BCUT2D eigenvalue weighted by Gasteiger charge is -2.16. The predicted octanol–water partition coefficient (Wildman–Crippen LogP) is 2.08. The van der Waals surface area contributed by atoms with E-state index in [0.29, 0.717) is 17.1 Å². The van der Waals surface area contributed by atoms with E-state index < -0.39 is 11.5 Å². The van der Waals surface area contributed by atoms with Gasteiger partial charge in [0.15, 0.2) is 0 Å². The number of benzene rings is 1. The Balaban J connectivity index is 1.48. The average molecular weight is 394 g/mol. The zero-order valence-corrected chi connectivity index (χ0v) is 15.6. The smallest absolute Gasteiger partial charge is 0.267 e. The number of rotatable bonds is 5. The molecule has 3 heterocycles. The molecule has 2 aromatic heterocycles. The van der Waals surface area contributed by atoms with Crippen molar-refractivity contribution in [2.75, 3.05) is 23.3 Å². The zero-order chi connectivity index (χ0) is 20.2. The van der Waals surface area contributed by atoms with Crippen LogP contribution < -0.4 is 15.8 Å². The number of nitrogens with one attached hydrogen (secondary N) is 1. The van der Waals surface area contributed by atoms with E-state index in [1.54, 1.807) is 18.2 Å². The van der Waals surface area contributed by atoms with Gasteiger partial charge in [0.2, 0.25) is 5.91 Å². The van der Waals surface area contributed by atoms with Gasteiger partial charge in [0.25, 0.3) is 5.56 Å². The molecule has 1 fully saturated rings. The maximum absolute atomic E-state index is 13.1. The molecule has 148 valence electrons. The number of carbonyl (C=O) groups is 1. The monoisotopic (exact) mass is 394 g/mol. The molecule has 3 aromatic rings. The first-order valence-electron chi connectivity index (χ1n) is 9.29. The molecule has 4 rings (SSSR count). The van der Waals surface area contributed by atoms with Gasteiger partial charge in [0, 0.05) is 30.8 Å². The molecule has 1 aliphatic rings. The fourth-order valence-electron chi connectivity index (χ4n) is 3.19. The van der Waals surface area contributed by atoms with Crippen LogP contribution in [0, 0.1) is 5.82 Å². The van der Waals surface area contributed by atoms with Gasteiger partial charge in [0.05, 0.1) is 5.69 Å². The van der Waals surface area contributed by atoms with Crippen molar-refractivity contribution in [3.8, 4) is 11.3 Å². The molecule has 0 bridgehead atoms. The van der Waals surface area contributed by atoms with E-state index in [4.69, 9.17) is 0 Å². The molecule has 0 unspecified atom stereocenters. The molecule has 0 saturated carbocycles. The summed E-state index contributed by atoms with van der Waals surface area (Å²) in [7, 11) is 0. The van der Waals surface area contributed by atoms with Crippen molar-refractivity contribution in [1.82, 2.24) is 19.7 Å². The second-order valence-corrected chi connectivity index (χ2v) is 6.73. The zero-order valence-electron chi connectivity index (χ0n) is 15.6. The van der Waals surface area contributed by atoms with Gasteiger partial charge in [-0.1, -0.05) is 0 Å². The van der Waals surface area contributed by atoms with Crippen LogP contribution in [-0.2, 0) is 11.3 Å². The molecule has 0 atom stereocenters. The van der Waals surface area contributed by atoms with Crippen molar-refractivity contribution in [1.29, 1.82) is 0 Å². The Labute approximate surface area is 166 Å². The highest BCUT2D eigenvalue weighted by Crippen LogP contribution is 2.19. The van der Waals surface area contributed by atoms with Gasteiger partial charge in [-0.3, -0.25) is 9.59 Å². The molecule has 0 spiro atoms. The summed E-state index contributed by atoms with van der Waals surface area (Å²) in [6, 6.07) is 10.3. The summed E-state index contributed by atoms with van der Waals surface area (Å²) in [6.07, 6.45) is 3.64. The number of hydrogen-bond acceptors (Lipinski definition) is 6. The highest BCUT2D eigenvalue weighted by molar-refractivity contribution is 5.89. The van der Waals surface area contributed by atoms with Gasteiger partial charge in [-0.25, -0.2) is 19.0 Å². The number of carbonyl (C=O) groups excluding carboxylic acids is 1. The van der Waals surface area contributed by atoms with Crippen LogP contribution in [0.15, 0.2) is 53.6 Å². The van der Waals surface area contributed by atoms with E-state index in [-0.39, 0.29) is 12.4 Å². The summed E-state index contributed by atoms with van der Waals surface area (Å²) in [5.41, 5.74) is 0.703. The minimum Gasteiger partial charge on any atom is -0.356 e. The van der Waals surface area contributed by atoms with Gasteiger partial charge in [-0.15, -0.1) is 0 Å². The van der Waals surface area contributed by atoms with Gasteiger partial charge < -0.3 is 10.2 Å². The molecule has 8 nitrogen and oxygen atoms in total. The highest BCUT2D eigenvalue weighted by Gasteiger charge is 2.15. The number of anilines is 2. The van der Waals surface area contributed by atoms with Crippen LogP contribution in [0.1, 0.15) is 12.8 Å². The molecular formula is C20H19FN6O2. The number of amides is 1. The first kappa shape index (κ1) is 18.7. The average Bonchev–Trinajstić information content (AvgIpc) is 3.25. The van der Waals surface area contributed by atoms with Crippen molar-refractivity contribution in [3.05, 3.63) is 65.0 Å². The third-order valence-electron chi connectivity index (χ3n) is 4.65. The van der Waals surface area contributed by atoms with Crippen LogP contribution in [0.2, 0.25) is 0 Å². The van der Waals surface area contributed by atoms with E-state index in [0.717, 1.165) is 36.4 Å². The van der Waals surface area contributed by atoms with E-state index in [1.165, 1.54) is 30.6 Å². The molecule has 1 aromatic carbocycles. The minimum atomic E-state index is -0.429. The standard InChI is InChI=1S/C20H19FN6O2/c21-15-5-3-14(4-6-15)16-7-8-20(29)27(25-16)12-19(28)24-17-11-18(23-13-22-17)26-9-1-2-10-26/h3-8,11,13H,1-2,9-10,12H2,(H,22,23,24,28). The third-order valence-corrected chi connectivity index (χ3v) is 4.65. The summed E-state index contributed by atoms with van der Waals surface area (Å²) in [5.74, 6) is 0.345. The lowest BCUT2D eigenvalue weighted by atomic mass is 10.1. The summed E-state index contributed by atoms with van der Waals surface area (Å²) < 4.78 is 14.2. The van der Waals surface area contributed by atoms with Crippen LogP contribution in [0.4, 0.5) is 16.0 Å². The summed E-state index contributed by atoms with van der Waals surface area (Å²) >= 11 is 0. The molecule has 1 N–H and O–H groups in total. The normalized spacial score (nSPS) is 13.5. The number of hydrogen-bond donors (Lipinski definition) is 1. The Morgan fingerprint density at radius 1 is 1.07 bits per heavy atom. The van der Waals surface area contributed by atoms with Gasteiger partial charge >= 0.3 is 0 Å². The quantitative estimate of drug-likeness (QED) is 0.712. The Hall–Kier alpha value is -3.62. The van der Waals surface area contributed by atoms with E-state index in [1.807, 2.05) is 0 Å². The molecule has 29 heavy (non-hydrogen) atoms. The SMILES string of the molecule is O=C(Cn1nc(-c2ccc(F)cc2)ccc1=O)Nc1cc(N2CCCC2)ncn1. The summed E-state index contributed by atoms with van der Waals surface area (Å²) in [6.45, 7) is 1.59. The fourth-order valence-corrected chi connectivity index (χ4v) is 3.19. The lowest BCUT2D eigenvalue weighted by molar-refractivity contribution is -0.117. The van der Waals surface area contributed by atoms with E-state index in [9.17, 15) is 14.0 Å². The third kappa shape index (κ3) is 4.45. The maximum Gasteiger partial charge on any atom is 0.267 e. The minimum absolute atomic E-state index is 0.267. The topological polar surface area (TPSA) is 93.0 Å². The first-order chi connectivity index (χ1) is 14.1. The molecule has 1 aliphatic heterocycles. The molecule has 0 aliphatic carbocycles. The fraction of sp³-hybridized carbons (Fsp3) is 0.250. The van der Waals surface area contributed by atoms with Crippen LogP contribution >= 0.6 is 0 Å². The molecule has 1 amide bonds. The van der Waals surface area contributed by atoms with Crippen LogP contribution in [0.3, 0.4) is 0 Å². The Morgan fingerprint density at radius 3 is 2.59 bits per heavy atom. The van der Waals surface area contributed by atoms with Crippen LogP contribution in [-0.4, -0.2) is 38.7 Å². The molecule has 0 radical (unpaired) electrons. The van der Waals surface area contributed by atoms with Gasteiger partial charge in [-0.05, 0) is 43.2 Å². The second kappa shape index (κ2) is 8.17. The number of nitrogens with zero attached hydrogens (tertiary/aromatic N) is 5. The van der Waals surface area contributed by atoms with Crippen molar-refractivity contribution in [2.24, 2.45) is 0 Å². The van der Waals surface area contributed by atoms with Crippen molar-refractivity contribution < 1.29 is 9.18 Å². The predicted molar refractivity (Wildman–Crippen MR) is 106 cm³/mol.